The Morgan fingerprint density at radius 3 is 3.10 bits per heavy atom. The van der Waals surface area contributed by atoms with Crippen molar-refractivity contribution in [3.05, 3.63) is 18.5 Å². The molecule has 0 aliphatic carbocycles. The highest BCUT2D eigenvalue weighted by Gasteiger charge is 2.27. The van der Waals surface area contributed by atoms with Gasteiger partial charge in [-0.25, -0.2) is 0 Å². The van der Waals surface area contributed by atoms with Crippen molar-refractivity contribution in [2.24, 2.45) is 5.73 Å². The maximum absolute atomic E-state index is 9.46. The molecule has 0 bridgehead atoms. The molecule has 0 radical (unpaired) electrons. The lowest BCUT2D eigenvalue weighted by molar-refractivity contribution is 0.416. The number of pyridine rings is 1. The van der Waals surface area contributed by atoms with Crippen molar-refractivity contribution < 1.29 is 5.11 Å². The second kappa shape index (κ2) is 5.09. The zero-order valence-corrected chi connectivity index (χ0v) is 11.3. The molecule has 1 aliphatic heterocycles. The smallest absolute Gasteiger partial charge is 0.245 e. The molecule has 7 nitrogen and oxygen atoms in total. The summed E-state index contributed by atoms with van der Waals surface area (Å²) in [6.45, 7) is 3.00. The second-order valence-electron chi connectivity index (χ2n) is 5.16. The van der Waals surface area contributed by atoms with Gasteiger partial charge in [0.2, 0.25) is 5.95 Å². The lowest BCUT2D eigenvalue weighted by atomic mass is 9.99. The van der Waals surface area contributed by atoms with Crippen molar-refractivity contribution in [2.45, 2.75) is 31.8 Å². The molecular weight excluding hydrogens is 256 g/mol. The van der Waals surface area contributed by atoms with Crippen LogP contribution in [0.15, 0.2) is 18.5 Å². The third-order valence-electron chi connectivity index (χ3n) is 3.78. The van der Waals surface area contributed by atoms with E-state index in [9.17, 15) is 5.11 Å². The zero-order chi connectivity index (χ0) is 14.1. The Morgan fingerprint density at radius 2 is 2.30 bits per heavy atom. The van der Waals surface area contributed by atoms with E-state index < -0.39 is 0 Å². The minimum Gasteiger partial charge on any atom is -0.506 e. The number of aromatic amines is 1. The van der Waals surface area contributed by atoms with Gasteiger partial charge >= 0.3 is 0 Å². The fourth-order valence-electron chi connectivity index (χ4n) is 2.52. The number of aromatic hydroxyl groups is 1. The van der Waals surface area contributed by atoms with Crippen LogP contribution in [0.25, 0.3) is 11.4 Å². The maximum Gasteiger partial charge on any atom is 0.245 e. The molecule has 2 aromatic heterocycles. The van der Waals surface area contributed by atoms with Gasteiger partial charge in [-0.2, -0.15) is 4.98 Å². The van der Waals surface area contributed by atoms with Crippen molar-refractivity contribution in [1.82, 2.24) is 20.2 Å². The number of hydrogen-bond acceptors (Lipinski definition) is 6. The molecule has 20 heavy (non-hydrogen) atoms. The number of aromatic nitrogens is 4. The molecule has 0 saturated carbocycles. The molecule has 0 aromatic carbocycles. The van der Waals surface area contributed by atoms with E-state index in [1.807, 2.05) is 0 Å². The third-order valence-corrected chi connectivity index (χ3v) is 3.78. The monoisotopic (exact) mass is 274 g/mol. The van der Waals surface area contributed by atoms with E-state index in [0.29, 0.717) is 17.3 Å². The van der Waals surface area contributed by atoms with Crippen LogP contribution in [-0.4, -0.2) is 43.9 Å². The van der Waals surface area contributed by atoms with Gasteiger partial charge in [-0.15, -0.1) is 5.10 Å². The number of rotatable bonds is 2. The molecule has 1 saturated heterocycles. The van der Waals surface area contributed by atoms with Gasteiger partial charge in [-0.05, 0) is 25.8 Å². The predicted molar refractivity (Wildman–Crippen MR) is 75.3 cm³/mol. The van der Waals surface area contributed by atoms with Crippen molar-refractivity contribution in [3.63, 3.8) is 0 Å². The molecule has 106 valence electrons. The molecule has 2 atom stereocenters. The van der Waals surface area contributed by atoms with Crippen molar-refractivity contribution in [2.75, 3.05) is 11.4 Å². The van der Waals surface area contributed by atoms with Crippen LogP contribution < -0.4 is 10.6 Å². The Kier molecular flexibility index (Phi) is 3.27. The van der Waals surface area contributed by atoms with Gasteiger partial charge in [0.15, 0.2) is 5.82 Å². The highest BCUT2D eigenvalue weighted by molar-refractivity contribution is 5.57. The molecule has 1 aliphatic rings. The fraction of sp³-hybridized carbons (Fsp3) is 0.462. The van der Waals surface area contributed by atoms with E-state index in [4.69, 9.17) is 5.73 Å². The highest BCUT2D eigenvalue weighted by atomic mass is 16.3. The number of anilines is 1. The molecule has 0 amide bonds. The van der Waals surface area contributed by atoms with Gasteiger partial charge in [-0.1, -0.05) is 0 Å². The molecule has 2 aromatic rings. The van der Waals surface area contributed by atoms with E-state index >= 15 is 0 Å². The number of hydrogen-bond donors (Lipinski definition) is 3. The summed E-state index contributed by atoms with van der Waals surface area (Å²) in [7, 11) is 0. The standard InChI is InChI=1S/C13H18N6O/c1-8-11(14)3-2-4-19(8)13-16-12(17-18-13)9-5-10(20)7-15-6-9/h5-8,11,20H,2-4,14H2,1H3,(H,16,17,18). The molecule has 2 unspecified atom stereocenters. The Morgan fingerprint density at radius 1 is 1.45 bits per heavy atom. The first-order valence-corrected chi connectivity index (χ1v) is 6.74. The van der Waals surface area contributed by atoms with Crippen LogP contribution in [0.1, 0.15) is 19.8 Å². The fourth-order valence-corrected chi connectivity index (χ4v) is 2.52. The van der Waals surface area contributed by atoms with Crippen molar-refractivity contribution in [3.8, 4) is 17.1 Å². The molecule has 3 rings (SSSR count). The number of H-pyrrole nitrogens is 1. The molecular formula is C13H18N6O. The van der Waals surface area contributed by atoms with Gasteiger partial charge in [0, 0.05) is 30.4 Å². The van der Waals surface area contributed by atoms with Gasteiger partial charge in [-0.3, -0.25) is 10.1 Å². The summed E-state index contributed by atoms with van der Waals surface area (Å²) in [4.78, 5) is 10.5. The van der Waals surface area contributed by atoms with E-state index in [1.165, 1.54) is 6.20 Å². The van der Waals surface area contributed by atoms with Crippen LogP contribution in [0.5, 0.6) is 5.75 Å². The van der Waals surface area contributed by atoms with Crippen LogP contribution >= 0.6 is 0 Å². The lowest BCUT2D eigenvalue weighted by Crippen LogP contribution is -2.50. The van der Waals surface area contributed by atoms with E-state index in [0.717, 1.165) is 19.4 Å². The minimum atomic E-state index is 0.105. The maximum atomic E-state index is 9.46. The topological polar surface area (TPSA) is 104 Å². The summed E-state index contributed by atoms with van der Waals surface area (Å²) in [5, 5.41) is 16.6. The highest BCUT2D eigenvalue weighted by Crippen LogP contribution is 2.24. The van der Waals surface area contributed by atoms with Crippen LogP contribution in [0.4, 0.5) is 5.95 Å². The Bertz CT molecular complexity index is 598. The number of piperidine rings is 1. The summed E-state index contributed by atoms with van der Waals surface area (Å²) in [5.74, 6) is 1.34. The minimum absolute atomic E-state index is 0.105. The van der Waals surface area contributed by atoms with Crippen molar-refractivity contribution >= 4 is 5.95 Å². The van der Waals surface area contributed by atoms with Crippen LogP contribution in [0.3, 0.4) is 0 Å². The second-order valence-corrected chi connectivity index (χ2v) is 5.16. The van der Waals surface area contributed by atoms with Gasteiger partial charge in [0.1, 0.15) is 5.75 Å². The van der Waals surface area contributed by atoms with E-state index in [-0.39, 0.29) is 17.8 Å². The molecule has 4 N–H and O–H groups in total. The summed E-state index contributed by atoms with van der Waals surface area (Å²) < 4.78 is 0. The first-order chi connectivity index (χ1) is 9.65. The van der Waals surface area contributed by atoms with Gasteiger partial charge in [0.25, 0.3) is 0 Å². The largest absolute Gasteiger partial charge is 0.506 e. The zero-order valence-electron chi connectivity index (χ0n) is 11.3. The SMILES string of the molecule is CC1C(N)CCCN1c1n[nH]c(-c2cncc(O)c2)n1. The van der Waals surface area contributed by atoms with E-state index in [1.54, 1.807) is 12.3 Å². The lowest BCUT2D eigenvalue weighted by Gasteiger charge is -2.36. The average molecular weight is 274 g/mol. The van der Waals surface area contributed by atoms with Crippen LogP contribution in [-0.2, 0) is 0 Å². The van der Waals surface area contributed by atoms with Crippen molar-refractivity contribution in [1.29, 1.82) is 0 Å². The summed E-state index contributed by atoms with van der Waals surface area (Å²) in [6, 6.07) is 1.96. The quantitative estimate of drug-likeness (QED) is 0.751. The first-order valence-electron chi connectivity index (χ1n) is 6.74. The summed E-state index contributed by atoms with van der Waals surface area (Å²) >= 11 is 0. The summed E-state index contributed by atoms with van der Waals surface area (Å²) in [6.07, 6.45) is 5.09. The van der Waals surface area contributed by atoms with Gasteiger partial charge < -0.3 is 15.7 Å². The van der Waals surface area contributed by atoms with Crippen LogP contribution in [0.2, 0.25) is 0 Å². The normalized spacial score (nSPS) is 23.0. The Balaban J connectivity index is 1.86. The van der Waals surface area contributed by atoms with Crippen LogP contribution in [0, 0.1) is 0 Å². The molecule has 0 spiro atoms. The van der Waals surface area contributed by atoms with E-state index in [2.05, 4.69) is 32.0 Å². The molecule has 3 heterocycles. The number of nitrogens with one attached hydrogen (secondary N) is 1. The Hall–Kier alpha value is -2.15. The summed E-state index contributed by atoms with van der Waals surface area (Å²) in [5.41, 5.74) is 6.80. The first kappa shape index (κ1) is 12.9. The molecule has 7 heteroatoms. The number of nitrogens with zero attached hydrogens (tertiary/aromatic N) is 4. The van der Waals surface area contributed by atoms with Gasteiger partial charge in [0.05, 0.1) is 6.20 Å². The number of nitrogens with two attached hydrogens (primary N) is 1. The Labute approximate surface area is 116 Å². The average Bonchev–Trinajstić information content (AvgIpc) is 2.91. The predicted octanol–water partition coefficient (Wildman–Crippen LogP) is 0.888. The molecule has 1 fully saturated rings. The third kappa shape index (κ3) is 2.32.